The maximum atomic E-state index is 3.32. The van der Waals surface area contributed by atoms with E-state index in [1.165, 1.54) is 5.20 Å². The van der Waals surface area contributed by atoms with E-state index in [2.05, 4.69) is 31.3 Å². The molecule has 0 unspecified atom stereocenters. The summed E-state index contributed by atoms with van der Waals surface area (Å²) in [5.74, 6) is 0. The molecular weight excluding hydrogens is 274 g/mol. The molecule has 0 radical (unpaired) electrons. The van der Waals surface area contributed by atoms with E-state index < -0.39 is 8.80 Å². The molecule has 1 aliphatic carbocycles. The van der Waals surface area contributed by atoms with Crippen LogP contribution in [0.15, 0.2) is 17.3 Å². The van der Waals surface area contributed by atoms with Crippen LogP contribution in [-0.4, -0.2) is 8.80 Å². The zero-order valence-electron chi connectivity index (χ0n) is 6.76. The molecule has 4 heteroatoms. The minimum atomic E-state index is -0.504. The third kappa shape index (κ3) is 6.33. The summed E-state index contributed by atoms with van der Waals surface area (Å²) in [5.41, 5.74) is 0. The Hall–Kier alpha value is 1.16. The molecule has 0 atom stereocenters. The van der Waals surface area contributed by atoms with Crippen LogP contribution in [0, 0.1) is 6.08 Å². The minimum Gasteiger partial charge on any atom is -0.274 e. The van der Waals surface area contributed by atoms with Crippen LogP contribution in [0.4, 0.5) is 0 Å². The van der Waals surface area contributed by atoms with E-state index in [0.717, 1.165) is 6.42 Å². The van der Waals surface area contributed by atoms with Crippen LogP contribution in [0.5, 0.6) is 0 Å². The Balaban J connectivity index is -0.000000213. The number of hydrogen-bond donors (Lipinski definition) is 0. The normalized spacial score (nSPS) is 12.8. The zero-order chi connectivity index (χ0) is 5.98. The molecule has 0 bridgehead atoms. The molecule has 1 aliphatic rings. The Morgan fingerprint density at radius 2 is 1.91 bits per heavy atom. The first-order chi connectivity index (χ1) is 3.80. The van der Waals surface area contributed by atoms with Crippen molar-refractivity contribution in [1.29, 1.82) is 0 Å². The molecule has 0 aromatic rings. The van der Waals surface area contributed by atoms with Crippen LogP contribution >= 0.6 is 24.8 Å². The number of allylic oxidation sites excluding steroid dienone is 4. The van der Waals surface area contributed by atoms with Crippen LogP contribution in [0.1, 0.15) is 6.42 Å². The summed E-state index contributed by atoms with van der Waals surface area (Å²) in [5, 5.41) is 1.50. The summed E-state index contributed by atoms with van der Waals surface area (Å²) in [6.45, 7) is 4.66. The molecule has 0 spiro atoms. The van der Waals surface area contributed by atoms with Crippen LogP contribution < -0.4 is 0 Å². The fourth-order valence-corrected chi connectivity index (χ4v) is 1.87. The average Bonchev–Trinajstić information content (AvgIpc) is 2.12. The van der Waals surface area contributed by atoms with Gasteiger partial charge in [0.15, 0.2) is 0 Å². The van der Waals surface area contributed by atoms with E-state index in [-0.39, 0.29) is 51.0 Å². The summed E-state index contributed by atoms with van der Waals surface area (Å²) < 4.78 is 0. The van der Waals surface area contributed by atoms with Crippen molar-refractivity contribution >= 4 is 33.6 Å². The summed E-state index contributed by atoms with van der Waals surface area (Å²) in [4.78, 5) is 0. The van der Waals surface area contributed by atoms with E-state index in [4.69, 9.17) is 0 Å². The topological polar surface area (TPSA) is 0 Å². The van der Waals surface area contributed by atoms with Gasteiger partial charge in [-0.1, -0.05) is 13.1 Å². The van der Waals surface area contributed by atoms with Crippen molar-refractivity contribution in [3.63, 3.8) is 0 Å². The molecule has 0 fully saturated rings. The van der Waals surface area contributed by atoms with Gasteiger partial charge < -0.3 is 0 Å². The Morgan fingerprint density at radius 3 is 2.09 bits per heavy atom. The van der Waals surface area contributed by atoms with Crippen molar-refractivity contribution < 1.29 is 26.2 Å². The second-order valence-electron chi connectivity index (χ2n) is 2.39. The Kier molecular flexibility index (Phi) is 15.2. The molecule has 64 valence electrons. The molecular formula is C7H13Cl2SiZr-. The first-order valence-electron chi connectivity index (χ1n) is 3.08. The molecule has 0 aromatic heterocycles. The van der Waals surface area contributed by atoms with Crippen LogP contribution in [0.2, 0.25) is 13.1 Å². The zero-order valence-corrected chi connectivity index (χ0v) is 12.0. The standard InChI is InChI=1S/C7H11Si.2ClH.Zr/c1-8(2)7-5-3-4-6-7;;;/h3,5,8H,4H2,1-2H3;2*1H;/q-1;;;. The van der Waals surface area contributed by atoms with Crippen molar-refractivity contribution in [2.24, 2.45) is 0 Å². The first-order valence-corrected chi connectivity index (χ1v) is 5.96. The SMILES string of the molecule is C[SiH](C)C1=[C-]CC=C1.Cl.Cl.[Zr]. The van der Waals surface area contributed by atoms with Gasteiger partial charge >= 0.3 is 0 Å². The van der Waals surface area contributed by atoms with E-state index in [9.17, 15) is 0 Å². The van der Waals surface area contributed by atoms with Crippen LogP contribution in [0.3, 0.4) is 0 Å². The average molecular weight is 287 g/mol. The van der Waals surface area contributed by atoms with Crippen molar-refractivity contribution in [3.8, 4) is 0 Å². The summed E-state index contributed by atoms with van der Waals surface area (Å²) >= 11 is 0. The van der Waals surface area contributed by atoms with Gasteiger partial charge in [0.05, 0.1) is 0 Å². The van der Waals surface area contributed by atoms with Gasteiger partial charge in [-0.2, -0.15) is 6.08 Å². The number of hydrogen-bond acceptors (Lipinski definition) is 0. The summed E-state index contributed by atoms with van der Waals surface area (Å²) in [6, 6.07) is 0. The van der Waals surface area contributed by atoms with Crippen molar-refractivity contribution in [3.05, 3.63) is 23.4 Å². The molecule has 0 saturated carbocycles. The van der Waals surface area contributed by atoms with E-state index >= 15 is 0 Å². The predicted molar refractivity (Wildman–Crippen MR) is 53.9 cm³/mol. The molecule has 0 N–H and O–H groups in total. The van der Waals surface area contributed by atoms with Gasteiger partial charge in [0.25, 0.3) is 0 Å². The molecule has 0 aromatic carbocycles. The van der Waals surface area contributed by atoms with E-state index in [1.54, 1.807) is 0 Å². The fourth-order valence-electron chi connectivity index (χ4n) is 0.818. The largest absolute Gasteiger partial charge is 0.274 e. The van der Waals surface area contributed by atoms with Gasteiger partial charge in [-0.15, -0.1) is 31.2 Å². The minimum absolute atomic E-state index is 0. The monoisotopic (exact) mass is 285 g/mol. The molecule has 0 saturated heterocycles. The molecule has 0 nitrogen and oxygen atoms in total. The van der Waals surface area contributed by atoms with E-state index in [0.29, 0.717) is 0 Å². The number of halogens is 2. The van der Waals surface area contributed by atoms with Gasteiger partial charge in [-0.3, -0.25) is 6.08 Å². The Labute approximate surface area is 102 Å². The molecule has 1 rings (SSSR count). The summed E-state index contributed by atoms with van der Waals surface area (Å²) in [6.07, 6.45) is 8.78. The maximum Gasteiger partial charge on any atom is 0.0256 e. The molecule has 0 heterocycles. The van der Waals surface area contributed by atoms with E-state index in [1.807, 2.05) is 0 Å². The van der Waals surface area contributed by atoms with Crippen LogP contribution in [0.25, 0.3) is 0 Å². The van der Waals surface area contributed by atoms with Crippen molar-refractivity contribution in [1.82, 2.24) is 0 Å². The quantitative estimate of drug-likeness (QED) is 0.513. The molecule has 0 amide bonds. The smallest absolute Gasteiger partial charge is 0.0256 e. The molecule has 0 aliphatic heterocycles. The van der Waals surface area contributed by atoms with Gasteiger partial charge in [0, 0.05) is 35.0 Å². The van der Waals surface area contributed by atoms with Gasteiger partial charge in [-0.25, -0.2) is 11.3 Å². The van der Waals surface area contributed by atoms with Gasteiger partial charge in [0.2, 0.25) is 0 Å². The second-order valence-corrected chi connectivity index (χ2v) is 5.32. The fraction of sp³-hybridized carbons (Fsp3) is 0.429. The number of rotatable bonds is 1. The van der Waals surface area contributed by atoms with Crippen molar-refractivity contribution in [2.45, 2.75) is 19.5 Å². The first kappa shape index (κ1) is 18.0. The van der Waals surface area contributed by atoms with Crippen molar-refractivity contribution in [2.75, 3.05) is 0 Å². The molecule has 11 heavy (non-hydrogen) atoms. The summed E-state index contributed by atoms with van der Waals surface area (Å²) in [7, 11) is -0.504. The third-order valence-electron chi connectivity index (χ3n) is 1.34. The third-order valence-corrected chi connectivity index (χ3v) is 2.98. The van der Waals surface area contributed by atoms with Crippen LogP contribution in [-0.2, 0) is 26.2 Å². The maximum absolute atomic E-state index is 3.32. The Bertz CT molecular complexity index is 143. The van der Waals surface area contributed by atoms with Gasteiger partial charge in [0.1, 0.15) is 0 Å². The second kappa shape index (κ2) is 9.25. The Morgan fingerprint density at radius 1 is 1.36 bits per heavy atom. The van der Waals surface area contributed by atoms with Gasteiger partial charge in [-0.05, 0) is 0 Å². The predicted octanol–water partition coefficient (Wildman–Crippen LogP) is 2.54.